The Morgan fingerprint density at radius 1 is 1.75 bits per heavy atom. The van der Waals surface area contributed by atoms with Crippen LogP contribution in [0.3, 0.4) is 0 Å². The molecule has 12 heavy (non-hydrogen) atoms. The zero-order valence-corrected chi connectivity index (χ0v) is 8.73. The van der Waals surface area contributed by atoms with Crippen LogP contribution in [0.25, 0.3) is 0 Å². The molecule has 0 spiro atoms. The van der Waals surface area contributed by atoms with E-state index in [4.69, 9.17) is 5.73 Å². The SMILES string of the molecule is CC(CN)Sc1nncn1C.Cl. The first-order valence-electron chi connectivity index (χ1n) is 3.44. The fraction of sp³-hybridized carbons (Fsp3) is 0.667. The van der Waals surface area contributed by atoms with Crippen LogP contribution in [0.1, 0.15) is 6.92 Å². The van der Waals surface area contributed by atoms with Gasteiger partial charge in [-0.3, -0.25) is 0 Å². The van der Waals surface area contributed by atoms with Crippen molar-refractivity contribution in [3.05, 3.63) is 6.33 Å². The second kappa shape index (κ2) is 5.40. The standard InChI is InChI=1S/C6H12N4S.ClH/c1-5(3-7)11-6-9-8-4-10(6)2;/h4-5H,3,7H2,1-2H3;1H. The summed E-state index contributed by atoms with van der Waals surface area (Å²) in [5.74, 6) is 0. The molecule has 0 saturated heterocycles. The number of nitrogens with two attached hydrogens (primary N) is 1. The lowest BCUT2D eigenvalue weighted by atomic mass is 10.5. The molecule has 1 aromatic rings. The molecule has 0 amide bonds. The van der Waals surface area contributed by atoms with Gasteiger partial charge in [-0.1, -0.05) is 18.7 Å². The number of halogens is 1. The molecule has 70 valence electrons. The number of nitrogens with zero attached hydrogens (tertiary/aromatic N) is 3. The second-order valence-corrected chi connectivity index (χ2v) is 3.79. The lowest BCUT2D eigenvalue weighted by Gasteiger charge is -2.05. The van der Waals surface area contributed by atoms with E-state index in [1.807, 2.05) is 11.6 Å². The van der Waals surface area contributed by atoms with Crippen molar-refractivity contribution >= 4 is 24.2 Å². The van der Waals surface area contributed by atoms with Crippen molar-refractivity contribution in [2.45, 2.75) is 17.3 Å². The summed E-state index contributed by atoms with van der Waals surface area (Å²) in [5.41, 5.74) is 5.46. The van der Waals surface area contributed by atoms with Crippen molar-refractivity contribution in [3.63, 3.8) is 0 Å². The van der Waals surface area contributed by atoms with Gasteiger partial charge in [-0.25, -0.2) is 0 Å². The Bertz CT molecular complexity index is 227. The maximum absolute atomic E-state index is 5.46. The summed E-state index contributed by atoms with van der Waals surface area (Å²) in [5, 5.41) is 9.00. The molecular weight excluding hydrogens is 196 g/mol. The van der Waals surface area contributed by atoms with Crippen LogP contribution in [0.4, 0.5) is 0 Å². The van der Waals surface area contributed by atoms with Crippen molar-refractivity contribution in [2.75, 3.05) is 6.54 Å². The maximum Gasteiger partial charge on any atom is 0.191 e. The van der Waals surface area contributed by atoms with Crippen molar-refractivity contribution in [3.8, 4) is 0 Å². The van der Waals surface area contributed by atoms with E-state index in [0.717, 1.165) is 5.16 Å². The van der Waals surface area contributed by atoms with Crippen molar-refractivity contribution in [1.29, 1.82) is 0 Å². The van der Waals surface area contributed by atoms with E-state index in [-0.39, 0.29) is 12.4 Å². The molecule has 0 aliphatic carbocycles. The molecule has 0 radical (unpaired) electrons. The third kappa shape index (κ3) is 3.00. The molecule has 6 heteroatoms. The van der Waals surface area contributed by atoms with E-state index in [1.54, 1.807) is 18.1 Å². The summed E-state index contributed by atoms with van der Waals surface area (Å²) < 4.78 is 1.89. The van der Waals surface area contributed by atoms with Gasteiger partial charge in [0, 0.05) is 18.8 Å². The Hall–Kier alpha value is -0.260. The molecular formula is C6H13ClN4S. The molecule has 1 aromatic heterocycles. The fourth-order valence-electron chi connectivity index (χ4n) is 0.607. The second-order valence-electron chi connectivity index (χ2n) is 2.39. The third-order valence-electron chi connectivity index (χ3n) is 1.31. The van der Waals surface area contributed by atoms with Crippen LogP contribution in [-0.2, 0) is 7.05 Å². The molecule has 1 heterocycles. The van der Waals surface area contributed by atoms with Crippen LogP contribution in [-0.4, -0.2) is 26.6 Å². The number of hydrogen-bond donors (Lipinski definition) is 1. The summed E-state index contributed by atoms with van der Waals surface area (Å²) in [6, 6.07) is 0. The molecule has 1 atom stereocenters. The number of hydrogen-bond acceptors (Lipinski definition) is 4. The third-order valence-corrected chi connectivity index (χ3v) is 2.48. The number of aromatic nitrogens is 3. The normalized spacial score (nSPS) is 12.2. The van der Waals surface area contributed by atoms with Gasteiger partial charge in [-0.05, 0) is 0 Å². The van der Waals surface area contributed by atoms with Gasteiger partial charge in [0.15, 0.2) is 5.16 Å². The summed E-state index contributed by atoms with van der Waals surface area (Å²) >= 11 is 1.64. The van der Waals surface area contributed by atoms with Crippen molar-refractivity contribution in [1.82, 2.24) is 14.8 Å². The van der Waals surface area contributed by atoms with Gasteiger partial charge >= 0.3 is 0 Å². The predicted octanol–water partition coefficient (Wildman–Crippen LogP) is 0.676. The van der Waals surface area contributed by atoms with E-state index in [1.165, 1.54) is 0 Å². The molecule has 1 unspecified atom stereocenters. The van der Waals surface area contributed by atoms with Gasteiger partial charge in [-0.2, -0.15) is 0 Å². The Balaban J connectivity index is 0.00000121. The quantitative estimate of drug-likeness (QED) is 0.743. The molecule has 0 fully saturated rings. The van der Waals surface area contributed by atoms with E-state index < -0.39 is 0 Å². The molecule has 0 aliphatic rings. The highest BCUT2D eigenvalue weighted by Gasteiger charge is 2.05. The van der Waals surface area contributed by atoms with E-state index in [2.05, 4.69) is 17.1 Å². The van der Waals surface area contributed by atoms with Crippen LogP contribution in [0.2, 0.25) is 0 Å². The lowest BCUT2D eigenvalue weighted by Crippen LogP contribution is -2.13. The Morgan fingerprint density at radius 2 is 2.42 bits per heavy atom. The summed E-state index contributed by atoms with van der Waals surface area (Å²) in [6.45, 7) is 2.73. The van der Waals surface area contributed by atoms with Gasteiger partial charge < -0.3 is 10.3 Å². The fourth-order valence-corrected chi connectivity index (χ4v) is 1.37. The molecule has 2 N–H and O–H groups in total. The predicted molar refractivity (Wildman–Crippen MR) is 52.6 cm³/mol. The Labute approximate surface area is 82.3 Å². The van der Waals surface area contributed by atoms with E-state index >= 15 is 0 Å². The van der Waals surface area contributed by atoms with Crippen LogP contribution in [0, 0.1) is 0 Å². The molecule has 4 nitrogen and oxygen atoms in total. The number of aryl methyl sites for hydroxylation is 1. The molecule has 0 bridgehead atoms. The van der Waals surface area contributed by atoms with Crippen molar-refractivity contribution < 1.29 is 0 Å². The first kappa shape index (κ1) is 11.7. The maximum atomic E-state index is 5.46. The summed E-state index contributed by atoms with van der Waals surface area (Å²) in [7, 11) is 1.92. The smallest absolute Gasteiger partial charge is 0.191 e. The number of rotatable bonds is 3. The zero-order chi connectivity index (χ0) is 8.27. The average Bonchev–Trinajstić information content (AvgIpc) is 2.37. The van der Waals surface area contributed by atoms with Gasteiger partial charge in [0.1, 0.15) is 6.33 Å². The highest BCUT2D eigenvalue weighted by atomic mass is 35.5. The summed E-state index contributed by atoms with van der Waals surface area (Å²) in [6.07, 6.45) is 1.69. The van der Waals surface area contributed by atoms with Gasteiger partial charge in [0.2, 0.25) is 0 Å². The average molecular weight is 209 g/mol. The van der Waals surface area contributed by atoms with Crippen LogP contribution >= 0.6 is 24.2 Å². The Morgan fingerprint density at radius 3 is 2.83 bits per heavy atom. The topological polar surface area (TPSA) is 56.7 Å². The van der Waals surface area contributed by atoms with Gasteiger partial charge in [-0.15, -0.1) is 22.6 Å². The molecule has 1 rings (SSSR count). The zero-order valence-electron chi connectivity index (χ0n) is 7.10. The van der Waals surface area contributed by atoms with E-state index in [9.17, 15) is 0 Å². The van der Waals surface area contributed by atoms with Crippen LogP contribution in [0.5, 0.6) is 0 Å². The minimum absolute atomic E-state index is 0. The van der Waals surface area contributed by atoms with Crippen LogP contribution < -0.4 is 5.73 Å². The first-order chi connectivity index (χ1) is 5.24. The Kier molecular flexibility index (Phi) is 5.28. The monoisotopic (exact) mass is 208 g/mol. The van der Waals surface area contributed by atoms with E-state index in [0.29, 0.717) is 11.8 Å². The molecule has 0 saturated carbocycles. The largest absolute Gasteiger partial charge is 0.329 e. The van der Waals surface area contributed by atoms with Crippen molar-refractivity contribution in [2.24, 2.45) is 12.8 Å². The first-order valence-corrected chi connectivity index (χ1v) is 4.32. The summed E-state index contributed by atoms with van der Waals surface area (Å²) in [4.78, 5) is 0. The minimum atomic E-state index is 0. The highest BCUT2D eigenvalue weighted by Crippen LogP contribution is 2.18. The van der Waals surface area contributed by atoms with Gasteiger partial charge in [0.05, 0.1) is 0 Å². The molecule has 0 aliphatic heterocycles. The van der Waals surface area contributed by atoms with Crippen LogP contribution in [0.15, 0.2) is 11.5 Å². The highest BCUT2D eigenvalue weighted by molar-refractivity contribution is 7.99. The van der Waals surface area contributed by atoms with Gasteiger partial charge in [0.25, 0.3) is 0 Å². The molecule has 0 aromatic carbocycles. The number of thioether (sulfide) groups is 1. The minimum Gasteiger partial charge on any atom is -0.329 e. The lowest BCUT2D eigenvalue weighted by molar-refractivity contribution is 0.782.